The van der Waals surface area contributed by atoms with Gasteiger partial charge in [0.15, 0.2) is 18.1 Å². The molecule has 0 unspecified atom stereocenters. The molecule has 1 amide bonds. The summed E-state index contributed by atoms with van der Waals surface area (Å²) in [5.74, 6) is 1.80. The summed E-state index contributed by atoms with van der Waals surface area (Å²) >= 11 is 3.42. The highest BCUT2D eigenvalue weighted by Crippen LogP contribution is 2.37. The van der Waals surface area contributed by atoms with Crippen molar-refractivity contribution in [1.29, 1.82) is 0 Å². The SMILES string of the molecule is CCc1cc(Br)ccc1OCC(=O)N/N=C/c1cc(OC)c(OC)c(OC)c1. The number of aryl methyl sites for hydroxylation is 1. The summed E-state index contributed by atoms with van der Waals surface area (Å²) in [6.07, 6.45) is 2.29. The fourth-order valence-electron chi connectivity index (χ4n) is 2.50. The highest BCUT2D eigenvalue weighted by molar-refractivity contribution is 9.10. The average molecular weight is 451 g/mol. The number of halogens is 1. The van der Waals surface area contributed by atoms with Gasteiger partial charge in [-0.3, -0.25) is 4.79 Å². The summed E-state index contributed by atoms with van der Waals surface area (Å²) in [6, 6.07) is 9.12. The number of hydrazone groups is 1. The molecule has 0 fully saturated rings. The van der Waals surface area contributed by atoms with Gasteiger partial charge < -0.3 is 18.9 Å². The number of benzene rings is 2. The van der Waals surface area contributed by atoms with E-state index >= 15 is 0 Å². The van der Waals surface area contributed by atoms with E-state index in [2.05, 4.69) is 26.5 Å². The molecule has 0 bridgehead atoms. The largest absolute Gasteiger partial charge is 0.493 e. The van der Waals surface area contributed by atoms with Gasteiger partial charge in [-0.1, -0.05) is 22.9 Å². The van der Waals surface area contributed by atoms with Gasteiger partial charge in [0, 0.05) is 10.0 Å². The highest BCUT2D eigenvalue weighted by Gasteiger charge is 2.12. The van der Waals surface area contributed by atoms with Crippen molar-refractivity contribution < 1.29 is 23.7 Å². The van der Waals surface area contributed by atoms with Gasteiger partial charge in [0.1, 0.15) is 5.75 Å². The summed E-state index contributed by atoms with van der Waals surface area (Å²) in [7, 11) is 4.60. The lowest BCUT2D eigenvalue weighted by molar-refractivity contribution is -0.123. The van der Waals surface area contributed by atoms with Crippen molar-refractivity contribution >= 4 is 28.1 Å². The van der Waals surface area contributed by atoms with Crippen LogP contribution in [0, 0.1) is 0 Å². The third kappa shape index (κ3) is 5.63. The maximum atomic E-state index is 12.0. The zero-order valence-corrected chi connectivity index (χ0v) is 17.8. The van der Waals surface area contributed by atoms with Crippen LogP contribution in [-0.4, -0.2) is 40.1 Å². The molecule has 0 radical (unpaired) electrons. The summed E-state index contributed by atoms with van der Waals surface area (Å²) < 4.78 is 22.4. The van der Waals surface area contributed by atoms with E-state index in [-0.39, 0.29) is 12.5 Å². The second-order valence-electron chi connectivity index (χ2n) is 5.65. The van der Waals surface area contributed by atoms with Crippen molar-refractivity contribution in [2.75, 3.05) is 27.9 Å². The Balaban J connectivity index is 1.98. The van der Waals surface area contributed by atoms with E-state index in [1.807, 2.05) is 25.1 Å². The van der Waals surface area contributed by atoms with Gasteiger partial charge in [-0.15, -0.1) is 0 Å². The number of rotatable bonds is 9. The molecule has 0 aromatic heterocycles. The Bertz CT molecular complexity index is 829. The van der Waals surface area contributed by atoms with Crippen LogP contribution in [0.4, 0.5) is 0 Å². The number of carbonyl (C=O) groups is 1. The van der Waals surface area contributed by atoms with Gasteiger partial charge in [0.2, 0.25) is 5.75 Å². The molecule has 0 saturated carbocycles. The Kier molecular flexibility index (Phi) is 8.13. The molecular formula is C20H23BrN2O5. The summed E-state index contributed by atoms with van der Waals surface area (Å²) in [6.45, 7) is 1.89. The predicted molar refractivity (Wildman–Crippen MR) is 111 cm³/mol. The van der Waals surface area contributed by atoms with Crippen LogP contribution in [0.15, 0.2) is 39.9 Å². The second kappa shape index (κ2) is 10.6. The van der Waals surface area contributed by atoms with Crippen LogP contribution >= 0.6 is 15.9 Å². The second-order valence-corrected chi connectivity index (χ2v) is 6.56. The number of hydrogen-bond donors (Lipinski definition) is 1. The van der Waals surface area contributed by atoms with Gasteiger partial charge in [-0.25, -0.2) is 5.43 Å². The van der Waals surface area contributed by atoms with Crippen molar-refractivity contribution in [1.82, 2.24) is 5.43 Å². The molecule has 0 atom stereocenters. The molecule has 2 aromatic carbocycles. The zero-order valence-electron chi connectivity index (χ0n) is 16.2. The highest BCUT2D eigenvalue weighted by atomic mass is 79.9. The van der Waals surface area contributed by atoms with Crippen LogP contribution in [0.3, 0.4) is 0 Å². The van der Waals surface area contributed by atoms with Gasteiger partial charge in [0.05, 0.1) is 27.5 Å². The third-order valence-corrected chi connectivity index (χ3v) is 4.35. The fourth-order valence-corrected chi connectivity index (χ4v) is 2.90. The third-order valence-electron chi connectivity index (χ3n) is 3.85. The average Bonchev–Trinajstić information content (AvgIpc) is 2.71. The topological polar surface area (TPSA) is 78.4 Å². The molecule has 1 N–H and O–H groups in total. The van der Waals surface area contributed by atoms with E-state index < -0.39 is 0 Å². The first-order valence-corrected chi connectivity index (χ1v) is 9.34. The lowest BCUT2D eigenvalue weighted by Crippen LogP contribution is -2.24. The molecule has 2 aromatic rings. The maximum Gasteiger partial charge on any atom is 0.277 e. The smallest absolute Gasteiger partial charge is 0.277 e. The van der Waals surface area contributed by atoms with E-state index in [4.69, 9.17) is 18.9 Å². The van der Waals surface area contributed by atoms with Gasteiger partial charge in [0.25, 0.3) is 5.91 Å². The zero-order chi connectivity index (χ0) is 20.5. The predicted octanol–water partition coefficient (Wildman–Crippen LogP) is 3.57. The van der Waals surface area contributed by atoms with Gasteiger partial charge >= 0.3 is 0 Å². The molecule has 150 valence electrons. The number of amides is 1. The maximum absolute atomic E-state index is 12.0. The minimum Gasteiger partial charge on any atom is -0.493 e. The van der Waals surface area contributed by atoms with Crippen molar-refractivity contribution in [2.45, 2.75) is 13.3 Å². The van der Waals surface area contributed by atoms with Crippen molar-refractivity contribution in [3.63, 3.8) is 0 Å². The van der Waals surface area contributed by atoms with Crippen LogP contribution in [0.1, 0.15) is 18.1 Å². The van der Waals surface area contributed by atoms with Crippen LogP contribution < -0.4 is 24.4 Å². The van der Waals surface area contributed by atoms with E-state index in [1.165, 1.54) is 27.5 Å². The Morgan fingerprint density at radius 2 is 1.75 bits per heavy atom. The minimum absolute atomic E-state index is 0.138. The van der Waals surface area contributed by atoms with Crippen LogP contribution in [0.25, 0.3) is 0 Å². The quantitative estimate of drug-likeness (QED) is 0.466. The molecule has 7 nitrogen and oxygen atoms in total. The van der Waals surface area contributed by atoms with Crippen molar-refractivity contribution in [3.05, 3.63) is 45.9 Å². The Hall–Kier alpha value is -2.74. The Morgan fingerprint density at radius 1 is 1.07 bits per heavy atom. The summed E-state index contributed by atoms with van der Waals surface area (Å²) in [5, 5.41) is 3.95. The number of nitrogens with zero attached hydrogens (tertiary/aromatic N) is 1. The van der Waals surface area contributed by atoms with Gasteiger partial charge in [-0.05, 0) is 42.3 Å². The number of nitrogens with one attached hydrogen (secondary N) is 1. The summed E-state index contributed by atoms with van der Waals surface area (Å²) in [4.78, 5) is 12.0. The number of methoxy groups -OCH3 is 3. The van der Waals surface area contributed by atoms with Crippen LogP contribution in [-0.2, 0) is 11.2 Å². The van der Waals surface area contributed by atoms with Crippen LogP contribution in [0.5, 0.6) is 23.0 Å². The molecule has 0 spiro atoms. The normalized spacial score (nSPS) is 10.6. The molecule has 0 aliphatic heterocycles. The molecule has 8 heteroatoms. The van der Waals surface area contributed by atoms with Crippen molar-refractivity contribution in [3.8, 4) is 23.0 Å². The lowest BCUT2D eigenvalue weighted by Gasteiger charge is -2.12. The number of hydrogen-bond acceptors (Lipinski definition) is 6. The molecule has 0 heterocycles. The lowest BCUT2D eigenvalue weighted by atomic mass is 10.1. The standard InChI is InChI=1S/C20H23BrN2O5/c1-5-14-10-15(21)6-7-16(14)28-12-19(24)23-22-11-13-8-17(25-2)20(27-4)18(9-13)26-3/h6-11H,5,12H2,1-4H3,(H,23,24)/b22-11+. The van der Waals surface area contributed by atoms with Crippen LogP contribution in [0.2, 0.25) is 0 Å². The number of carbonyl (C=O) groups excluding carboxylic acids is 1. The molecule has 28 heavy (non-hydrogen) atoms. The Labute approximate surface area is 172 Å². The molecule has 0 saturated heterocycles. The van der Waals surface area contributed by atoms with E-state index in [1.54, 1.807) is 12.1 Å². The first-order valence-electron chi connectivity index (χ1n) is 8.55. The Morgan fingerprint density at radius 3 is 2.32 bits per heavy atom. The van der Waals surface area contributed by atoms with E-state index in [9.17, 15) is 4.79 Å². The van der Waals surface area contributed by atoms with Gasteiger partial charge in [-0.2, -0.15) is 5.10 Å². The molecule has 2 rings (SSSR count). The first-order chi connectivity index (χ1) is 13.5. The van der Waals surface area contributed by atoms with Crippen molar-refractivity contribution in [2.24, 2.45) is 5.10 Å². The summed E-state index contributed by atoms with van der Waals surface area (Å²) in [5.41, 5.74) is 4.13. The molecular weight excluding hydrogens is 428 g/mol. The molecule has 0 aliphatic rings. The first kappa shape index (κ1) is 21.6. The minimum atomic E-state index is -0.367. The number of ether oxygens (including phenoxy) is 4. The van der Waals surface area contributed by atoms with E-state index in [0.29, 0.717) is 28.6 Å². The fraction of sp³-hybridized carbons (Fsp3) is 0.300. The monoisotopic (exact) mass is 450 g/mol. The van der Waals surface area contributed by atoms with E-state index in [0.717, 1.165) is 16.5 Å². The molecule has 0 aliphatic carbocycles.